The number of nitrogens with one attached hydrogen (secondary N) is 2. The fourth-order valence-corrected chi connectivity index (χ4v) is 7.25. The number of benzene rings is 1. The van der Waals surface area contributed by atoms with E-state index in [1.807, 2.05) is 45.6 Å². The minimum Gasteiger partial charge on any atom is -0.444 e. The number of alkyl carbamates (subject to hydrolysis) is 1. The lowest BCUT2D eigenvalue weighted by Gasteiger charge is -2.34. The van der Waals surface area contributed by atoms with Crippen molar-refractivity contribution in [1.82, 2.24) is 24.0 Å². The highest BCUT2D eigenvalue weighted by atomic mass is 28.3. The molecule has 0 radical (unpaired) electrons. The van der Waals surface area contributed by atoms with E-state index < -0.39 is 49.3 Å². The van der Waals surface area contributed by atoms with Gasteiger partial charge in [-0.3, -0.25) is 23.5 Å². The Bertz CT molecular complexity index is 2010. The van der Waals surface area contributed by atoms with Crippen LogP contribution in [0, 0.1) is 0 Å². The summed E-state index contributed by atoms with van der Waals surface area (Å²) in [6.45, 7) is 17.7. The molecule has 0 saturated carbocycles. The summed E-state index contributed by atoms with van der Waals surface area (Å²) in [6.07, 6.45) is 2.96. The summed E-state index contributed by atoms with van der Waals surface area (Å²) in [5.74, 6) is -0.817. The van der Waals surface area contributed by atoms with Gasteiger partial charge in [0.25, 0.3) is 5.56 Å². The lowest BCUT2D eigenvalue weighted by atomic mass is 9.97. The largest absolute Gasteiger partial charge is 0.444 e. The van der Waals surface area contributed by atoms with Gasteiger partial charge in [0.15, 0.2) is 16.9 Å². The second-order valence-corrected chi connectivity index (χ2v) is 21.9. The highest BCUT2D eigenvalue weighted by molar-refractivity contribution is 6.76. The number of aryl methyl sites for hydroxylation is 1. The number of imidazole rings is 1. The number of fused-ring (bicyclic) bond motifs is 2. The van der Waals surface area contributed by atoms with Crippen LogP contribution in [0.5, 0.6) is 0 Å². The van der Waals surface area contributed by atoms with Gasteiger partial charge in [-0.15, -0.1) is 0 Å². The predicted octanol–water partition coefficient (Wildman–Crippen LogP) is 4.63. The molecule has 1 fully saturated rings. The van der Waals surface area contributed by atoms with E-state index in [1.165, 1.54) is 11.6 Å². The molecule has 0 spiro atoms. The average Bonchev–Trinajstić information content (AvgIpc) is 3.59. The Balaban J connectivity index is 1.46. The van der Waals surface area contributed by atoms with Crippen molar-refractivity contribution < 1.29 is 23.9 Å². The molecule has 1 aromatic carbocycles. The SMILES string of the molecule is CC(C)=CCn1c(N2CCCC(NC(=O)OC(C)(C)C)C2)nc2c1c(=O)n(CC(=O)c1cccc3c1NC(=O)C3COCC[Si](C)(C)C)c(=O)n2C. The molecule has 2 aliphatic heterocycles. The maximum Gasteiger partial charge on any atom is 0.407 e. The van der Waals surface area contributed by atoms with Crippen molar-refractivity contribution in [2.45, 2.75) is 104 Å². The third kappa shape index (κ3) is 8.74. The summed E-state index contributed by atoms with van der Waals surface area (Å²) in [6, 6.07) is 5.85. The Hall–Kier alpha value is -4.50. The maximum absolute atomic E-state index is 14.3. The van der Waals surface area contributed by atoms with E-state index in [0.717, 1.165) is 29.0 Å². The fraction of sp³-hybridized carbons (Fsp3) is 0.568. The van der Waals surface area contributed by atoms with Crippen LogP contribution in [0.3, 0.4) is 0 Å². The smallest absolute Gasteiger partial charge is 0.407 e. The molecule has 2 unspecified atom stereocenters. The van der Waals surface area contributed by atoms with Crippen LogP contribution in [-0.2, 0) is 34.4 Å². The number of Topliss-reactive ketones (excluding diaryl/α,β-unsaturated/α-hetero) is 1. The third-order valence-electron chi connectivity index (χ3n) is 9.24. The van der Waals surface area contributed by atoms with E-state index in [9.17, 15) is 24.0 Å². The van der Waals surface area contributed by atoms with E-state index in [0.29, 0.717) is 43.4 Å². The molecule has 4 heterocycles. The van der Waals surface area contributed by atoms with Crippen LogP contribution in [0.15, 0.2) is 39.4 Å². The zero-order chi connectivity index (χ0) is 38.1. The van der Waals surface area contributed by atoms with Gasteiger partial charge in [-0.05, 0) is 65.1 Å². The number of ether oxygens (including phenoxy) is 2. The molecule has 0 aliphatic carbocycles. The number of allylic oxidation sites excluding steroid dienone is 2. The van der Waals surface area contributed by atoms with Gasteiger partial charge in [0.1, 0.15) is 5.60 Å². The van der Waals surface area contributed by atoms with Crippen LogP contribution in [-0.4, -0.2) is 82.5 Å². The summed E-state index contributed by atoms with van der Waals surface area (Å²) in [5.41, 5.74) is 0.714. The number of carbonyl (C=O) groups is 3. The molecular formula is C37H53N7O7Si. The normalized spacial score (nSPS) is 17.6. The van der Waals surface area contributed by atoms with Gasteiger partial charge < -0.3 is 29.6 Å². The van der Waals surface area contributed by atoms with Crippen molar-refractivity contribution in [2.75, 3.05) is 36.5 Å². The molecule has 52 heavy (non-hydrogen) atoms. The van der Waals surface area contributed by atoms with Gasteiger partial charge in [-0.2, -0.15) is 4.98 Å². The summed E-state index contributed by atoms with van der Waals surface area (Å²) in [7, 11) is 0.226. The van der Waals surface area contributed by atoms with Crippen molar-refractivity contribution in [1.29, 1.82) is 0 Å². The molecule has 0 bridgehead atoms. The molecular weight excluding hydrogens is 683 g/mol. The maximum atomic E-state index is 14.3. The second-order valence-electron chi connectivity index (χ2n) is 16.3. The molecule has 2 aromatic heterocycles. The van der Waals surface area contributed by atoms with Crippen LogP contribution >= 0.6 is 0 Å². The molecule has 282 valence electrons. The number of amides is 2. The summed E-state index contributed by atoms with van der Waals surface area (Å²) in [5, 5.41) is 5.81. The summed E-state index contributed by atoms with van der Waals surface area (Å²) < 4.78 is 15.4. The molecule has 15 heteroatoms. The minimum atomic E-state index is -1.30. The Kier molecular flexibility index (Phi) is 11.3. The molecule has 5 rings (SSSR count). The number of carbonyl (C=O) groups excluding carboxylic acids is 3. The quantitative estimate of drug-likeness (QED) is 0.117. The number of para-hydroxylation sites is 1. The molecule has 2 atom stereocenters. The lowest BCUT2D eigenvalue weighted by Crippen LogP contribution is -2.49. The zero-order valence-corrected chi connectivity index (χ0v) is 32.9. The highest BCUT2D eigenvalue weighted by Gasteiger charge is 2.34. The fourth-order valence-electron chi connectivity index (χ4n) is 6.50. The first-order chi connectivity index (χ1) is 24.3. The molecule has 2 N–H and O–H groups in total. The van der Waals surface area contributed by atoms with Gasteiger partial charge in [0.2, 0.25) is 11.9 Å². The molecule has 14 nitrogen and oxygen atoms in total. The van der Waals surface area contributed by atoms with Crippen molar-refractivity contribution >= 4 is 48.7 Å². The predicted molar refractivity (Wildman–Crippen MR) is 204 cm³/mol. The monoisotopic (exact) mass is 735 g/mol. The van der Waals surface area contributed by atoms with Gasteiger partial charge in [-0.1, -0.05) is 43.4 Å². The van der Waals surface area contributed by atoms with E-state index >= 15 is 0 Å². The molecule has 2 aliphatic rings. The van der Waals surface area contributed by atoms with Crippen LogP contribution in [0.4, 0.5) is 16.4 Å². The van der Waals surface area contributed by atoms with Gasteiger partial charge >= 0.3 is 11.8 Å². The number of ketones is 1. The Morgan fingerprint density at radius 2 is 1.85 bits per heavy atom. The van der Waals surface area contributed by atoms with E-state index in [2.05, 4.69) is 30.3 Å². The van der Waals surface area contributed by atoms with Crippen molar-refractivity contribution in [2.24, 2.45) is 7.05 Å². The second kappa shape index (κ2) is 15.2. The lowest BCUT2D eigenvalue weighted by molar-refractivity contribution is -0.118. The van der Waals surface area contributed by atoms with Crippen molar-refractivity contribution in [3.05, 3.63) is 61.8 Å². The first kappa shape index (κ1) is 38.7. The zero-order valence-electron chi connectivity index (χ0n) is 31.9. The Morgan fingerprint density at radius 3 is 2.52 bits per heavy atom. The standard InChI is InChI=1S/C37H53N7O7Si/c1-23(2)15-17-43-30-31(40-34(43)42-16-11-12-24(20-42)38-35(48)51-37(3,4)5)41(6)36(49)44(33(30)47)21-28(45)26-14-10-13-25-27(32(46)39-29(25)26)22-50-18-19-52(7,8)9/h10,13-15,24,27H,11-12,16-22H2,1-9H3,(H,38,48)(H,39,46). The number of rotatable bonds is 12. The first-order valence-electron chi connectivity index (χ1n) is 18.0. The molecule has 3 aromatic rings. The average molecular weight is 736 g/mol. The van der Waals surface area contributed by atoms with Gasteiger partial charge in [0, 0.05) is 53.0 Å². The number of piperidine rings is 1. The summed E-state index contributed by atoms with van der Waals surface area (Å²) in [4.78, 5) is 74.3. The number of hydrogen-bond acceptors (Lipinski definition) is 9. The van der Waals surface area contributed by atoms with Gasteiger partial charge in [0.05, 0.1) is 24.8 Å². The van der Waals surface area contributed by atoms with Crippen LogP contribution in [0.25, 0.3) is 11.2 Å². The molecule has 2 amide bonds. The topological polar surface area (TPSA) is 159 Å². The van der Waals surface area contributed by atoms with E-state index in [4.69, 9.17) is 14.5 Å². The Morgan fingerprint density at radius 1 is 1.12 bits per heavy atom. The Labute approximate surface area is 305 Å². The van der Waals surface area contributed by atoms with Crippen LogP contribution < -0.4 is 26.8 Å². The van der Waals surface area contributed by atoms with Crippen molar-refractivity contribution in [3.63, 3.8) is 0 Å². The number of aromatic nitrogens is 4. The van der Waals surface area contributed by atoms with Crippen molar-refractivity contribution in [3.8, 4) is 0 Å². The van der Waals surface area contributed by atoms with Gasteiger partial charge in [-0.25, -0.2) is 9.59 Å². The van der Waals surface area contributed by atoms with E-state index in [-0.39, 0.29) is 35.3 Å². The highest BCUT2D eigenvalue weighted by Crippen LogP contribution is 2.36. The summed E-state index contributed by atoms with van der Waals surface area (Å²) >= 11 is 0. The van der Waals surface area contributed by atoms with Crippen LogP contribution in [0.2, 0.25) is 25.7 Å². The third-order valence-corrected chi connectivity index (χ3v) is 10.9. The first-order valence-corrected chi connectivity index (χ1v) is 21.7. The van der Waals surface area contributed by atoms with E-state index in [1.54, 1.807) is 22.8 Å². The minimum absolute atomic E-state index is 0.187. The van der Waals surface area contributed by atoms with Crippen LogP contribution in [0.1, 0.15) is 69.3 Å². The molecule has 1 saturated heterocycles. The number of anilines is 2. The number of hydrogen-bond donors (Lipinski definition) is 2. The number of nitrogens with zero attached hydrogens (tertiary/aromatic N) is 5.